The Morgan fingerprint density at radius 2 is 1.95 bits per heavy atom. The van der Waals surface area contributed by atoms with Gasteiger partial charge < -0.3 is 25.0 Å². The zero-order valence-corrected chi connectivity index (χ0v) is 12.4. The smallest absolute Gasteiger partial charge is 0.323 e. The summed E-state index contributed by atoms with van der Waals surface area (Å²) in [6.07, 6.45) is 0. The number of carbonyl (C=O) groups is 3. The van der Waals surface area contributed by atoms with Gasteiger partial charge in [-0.25, -0.2) is 4.79 Å². The van der Waals surface area contributed by atoms with Crippen molar-refractivity contribution in [3.05, 3.63) is 0 Å². The lowest BCUT2D eigenvalue weighted by molar-refractivity contribution is -0.137. The summed E-state index contributed by atoms with van der Waals surface area (Å²) < 4.78 is 4.82. The van der Waals surface area contributed by atoms with Crippen molar-refractivity contribution in [2.24, 2.45) is 0 Å². The van der Waals surface area contributed by atoms with Crippen molar-refractivity contribution in [3.8, 4) is 0 Å². The van der Waals surface area contributed by atoms with Crippen LogP contribution < -0.4 is 5.32 Å². The molecule has 0 aliphatic rings. The van der Waals surface area contributed by atoms with E-state index in [1.54, 1.807) is 14.0 Å². The van der Waals surface area contributed by atoms with Gasteiger partial charge in [0.1, 0.15) is 12.6 Å². The van der Waals surface area contributed by atoms with Gasteiger partial charge in [0.25, 0.3) is 0 Å². The molecule has 0 aliphatic carbocycles. The second-order valence-corrected chi connectivity index (χ2v) is 4.33. The van der Waals surface area contributed by atoms with E-state index in [1.165, 1.54) is 12.0 Å². The first kappa shape index (κ1) is 18.2. The lowest BCUT2D eigenvalue weighted by Gasteiger charge is -2.25. The summed E-state index contributed by atoms with van der Waals surface area (Å²) in [5.41, 5.74) is 0. The number of carbonyl (C=O) groups excluding carboxylic acids is 2. The third kappa shape index (κ3) is 6.37. The van der Waals surface area contributed by atoms with Gasteiger partial charge in [0.05, 0.1) is 6.61 Å². The Morgan fingerprint density at radius 3 is 2.40 bits per heavy atom. The fraction of sp³-hybridized carbons (Fsp3) is 0.750. The van der Waals surface area contributed by atoms with Crippen LogP contribution in [0.25, 0.3) is 0 Å². The predicted octanol–water partition coefficient (Wildman–Crippen LogP) is -0.404. The molecule has 8 nitrogen and oxygen atoms in total. The van der Waals surface area contributed by atoms with Crippen LogP contribution in [0.4, 0.5) is 4.79 Å². The monoisotopic (exact) mass is 289 g/mol. The Bertz CT molecular complexity index is 348. The minimum atomic E-state index is -1.12. The van der Waals surface area contributed by atoms with Crippen LogP contribution in [0.5, 0.6) is 0 Å². The van der Waals surface area contributed by atoms with Crippen molar-refractivity contribution >= 4 is 17.9 Å². The third-order valence-electron chi connectivity index (χ3n) is 2.74. The summed E-state index contributed by atoms with van der Waals surface area (Å²) in [4.78, 5) is 37.0. The molecule has 20 heavy (non-hydrogen) atoms. The van der Waals surface area contributed by atoms with E-state index in [9.17, 15) is 14.4 Å². The van der Waals surface area contributed by atoms with Crippen LogP contribution in [0.1, 0.15) is 13.8 Å². The molecular weight excluding hydrogens is 266 g/mol. The number of amides is 3. The summed E-state index contributed by atoms with van der Waals surface area (Å²) in [7, 11) is 3.09. The van der Waals surface area contributed by atoms with E-state index in [4.69, 9.17) is 9.84 Å². The highest BCUT2D eigenvalue weighted by Crippen LogP contribution is 1.96. The van der Waals surface area contributed by atoms with E-state index in [1.807, 2.05) is 6.92 Å². The van der Waals surface area contributed by atoms with Crippen LogP contribution >= 0.6 is 0 Å². The van der Waals surface area contributed by atoms with E-state index in [2.05, 4.69) is 5.32 Å². The molecule has 0 radical (unpaired) electrons. The van der Waals surface area contributed by atoms with Gasteiger partial charge in [-0.05, 0) is 13.8 Å². The van der Waals surface area contributed by atoms with Crippen LogP contribution in [0.15, 0.2) is 0 Å². The number of nitrogens with zero attached hydrogens (tertiary/aromatic N) is 2. The number of urea groups is 1. The zero-order chi connectivity index (χ0) is 15.7. The third-order valence-corrected chi connectivity index (χ3v) is 2.74. The lowest BCUT2D eigenvalue weighted by atomic mass is 10.3. The van der Waals surface area contributed by atoms with Crippen LogP contribution in [0.3, 0.4) is 0 Å². The van der Waals surface area contributed by atoms with E-state index in [0.717, 1.165) is 4.90 Å². The molecule has 0 aromatic rings. The minimum Gasteiger partial charge on any atom is -0.480 e. The highest BCUT2D eigenvalue weighted by Gasteiger charge is 2.22. The maximum atomic E-state index is 11.9. The number of likely N-dealkylation sites (N-methyl/N-ethyl adjacent to an activating group) is 1. The number of aliphatic carboxylic acids is 1. The van der Waals surface area contributed by atoms with Crippen molar-refractivity contribution in [3.63, 3.8) is 0 Å². The van der Waals surface area contributed by atoms with Crippen molar-refractivity contribution in [2.45, 2.75) is 19.9 Å². The van der Waals surface area contributed by atoms with Crippen molar-refractivity contribution in [1.29, 1.82) is 0 Å². The Kier molecular flexibility index (Phi) is 8.30. The molecule has 0 spiro atoms. The second kappa shape index (κ2) is 9.13. The number of hydrogen-bond donors (Lipinski definition) is 2. The first-order chi connectivity index (χ1) is 9.33. The first-order valence-corrected chi connectivity index (χ1v) is 6.34. The molecule has 0 rings (SSSR count). The summed E-state index contributed by atoms with van der Waals surface area (Å²) in [6, 6.07) is -1.32. The quantitative estimate of drug-likeness (QED) is 0.633. The molecule has 0 bridgehead atoms. The molecule has 0 aromatic heterocycles. The van der Waals surface area contributed by atoms with Crippen molar-refractivity contribution in [2.75, 3.05) is 40.4 Å². The molecular formula is C12H23N3O5. The van der Waals surface area contributed by atoms with Gasteiger partial charge in [-0.1, -0.05) is 0 Å². The fourth-order valence-corrected chi connectivity index (χ4v) is 1.44. The van der Waals surface area contributed by atoms with E-state index < -0.39 is 24.6 Å². The SMILES string of the molecule is CCN(C)C(=O)C(C)NC(=O)N(CCOC)CC(=O)O. The van der Waals surface area contributed by atoms with Gasteiger partial charge in [-0.15, -0.1) is 0 Å². The molecule has 0 aromatic carbocycles. The van der Waals surface area contributed by atoms with E-state index in [-0.39, 0.29) is 19.1 Å². The standard InChI is InChI=1S/C12H23N3O5/c1-5-14(3)11(18)9(2)13-12(19)15(6-7-20-4)8-10(16)17/h9H,5-8H2,1-4H3,(H,13,19)(H,16,17). The van der Waals surface area contributed by atoms with Crippen LogP contribution in [0, 0.1) is 0 Å². The van der Waals surface area contributed by atoms with Crippen LogP contribution in [0.2, 0.25) is 0 Å². The summed E-state index contributed by atoms with van der Waals surface area (Å²) >= 11 is 0. The average Bonchev–Trinajstić information content (AvgIpc) is 2.40. The molecule has 0 fully saturated rings. The normalized spacial score (nSPS) is 11.6. The van der Waals surface area contributed by atoms with E-state index >= 15 is 0 Å². The molecule has 116 valence electrons. The highest BCUT2D eigenvalue weighted by atomic mass is 16.5. The predicted molar refractivity (Wildman–Crippen MR) is 72.4 cm³/mol. The molecule has 8 heteroatoms. The molecule has 2 N–H and O–H groups in total. The second-order valence-electron chi connectivity index (χ2n) is 4.33. The lowest BCUT2D eigenvalue weighted by Crippen LogP contribution is -2.51. The topological polar surface area (TPSA) is 99.2 Å². The van der Waals surface area contributed by atoms with Gasteiger partial charge >= 0.3 is 12.0 Å². The molecule has 0 heterocycles. The Labute approximate surface area is 118 Å². The molecule has 0 saturated carbocycles. The van der Waals surface area contributed by atoms with Gasteiger partial charge in [-0.3, -0.25) is 9.59 Å². The van der Waals surface area contributed by atoms with Gasteiger partial charge in [-0.2, -0.15) is 0 Å². The number of rotatable bonds is 8. The fourth-order valence-electron chi connectivity index (χ4n) is 1.44. The summed E-state index contributed by atoms with van der Waals surface area (Å²) in [5, 5.41) is 11.3. The number of hydrogen-bond acceptors (Lipinski definition) is 4. The summed E-state index contributed by atoms with van der Waals surface area (Å²) in [5.74, 6) is -1.36. The van der Waals surface area contributed by atoms with Crippen molar-refractivity contribution < 1.29 is 24.2 Å². The number of ether oxygens (including phenoxy) is 1. The van der Waals surface area contributed by atoms with E-state index in [0.29, 0.717) is 6.54 Å². The first-order valence-electron chi connectivity index (χ1n) is 6.34. The van der Waals surface area contributed by atoms with Gasteiger partial charge in [0.15, 0.2) is 0 Å². The average molecular weight is 289 g/mol. The number of methoxy groups -OCH3 is 1. The van der Waals surface area contributed by atoms with Gasteiger partial charge in [0, 0.05) is 27.2 Å². The molecule has 0 saturated heterocycles. The molecule has 0 aliphatic heterocycles. The number of carboxylic acid groups (broad SMARTS) is 1. The van der Waals surface area contributed by atoms with Crippen molar-refractivity contribution in [1.82, 2.24) is 15.1 Å². The zero-order valence-electron chi connectivity index (χ0n) is 12.4. The minimum absolute atomic E-state index is 0.138. The molecule has 1 unspecified atom stereocenters. The van der Waals surface area contributed by atoms with Crippen LogP contribution in [-0.2, 0) is 14.3 Å². The Morgan fingerprint density at radius 1 is 1.35 bits per heavy atom. The highest BCUT2D eigenvalue weighted by molar-refractivity contribution is 5.87. The maximum absolute atomic E-state index is 11.9. The van der Waals surface area contributed by atoms with Gasteiger partial charge in [0.2, 0.25) is 5.91 Å². The molecule has 3 amide bonds. The Balaban J connectivity index is 4.57. The van der Waals surface area contributed by atoms with Crippen LogP contribution in [-0.4, -0.2) is 79.3 Å². The number of nitrogens with one attached hydrogen (secondary N) is 1. The maximum Gasteiger partial charge on any atom is 0.323 e. The Hall–Kier alpha value is -1.83. The molecule has 1 atom stereocenters. The largest absolute Gasteiger partial charge is 0.480 e. The summed E-state index contributed by atoms with van der Waals surface area (Å²) in [6.45, 7) is 3.82. The number of carboxylic acids is 1.